The van der Waals surface area contributed by atoms with E-state index in [-0.39, 0.29) is 23.1 Å². The lowest BCUT2D eigenvalue weighted by Gasteiger charge is -2.09. The SMILES string of the molecule is Cc1nn(-c2ccccc2)c(Cl)c1C(=O)C(C#N)c1nc2ccccc2n1C.Cl. The summed E-state index contributed by atoms with van der Waals surface area (Å²) in [6.07, 6.45) is 0. The number of rotatable bonds is 4. The molecule has 0 bridgehead atoms. The number of fused-ring (bicyclic) bond motifs is 1. The van der Waals surface area contributed by atoms with Crippen LogP contribution >= 0.6 is 24.0 Å². The van der Waals surface area contributed by atoms with Gasteiger partial charge < -0.3 is 4.57 Å². The molecule has 2 aromatic heterocycles. The molecule has 0 saturated carbocycles. The number of Topliss-reactive ketones (excluding diaryl/α,β-unsaturated/α-hetero) is 1. The number of imidazole rings is 1. The van der Waals surface area contributed by atoms with Gasteiger partial charge in [0.1, 0.15) is 11.0 Å². The van der Waals surface area contributed by atoms with Crippen molar-refractivity contribution in [3.63, 3.8) is 0 Å². The van der Waals surface area contributed by atoms with E-state index in [0.29, 0.717) is 11.5 Å². The van der Waals surface area contributed by atoms with Gasteiger partial charge in [-0.1, -0.05) is 41.9 Å². The molecule has 1 unspecified atom stereocenters. The van der Waals surface area contributed by atoms with E-state index in [9.17, 15) is 10.1 Å². The van der Waals surface area contributed by atoms with Gasteiger partial charge in [0.25, 0.3) is 0 Å². The molecule has 0 amide bonds. The van der Waals surface area contributed by atoms with E-state index in [1.165, 1.54) is 4.68 Å². The van der Waals surface area contributed by atoms with Gasteiger partial charge in [-0.2, -0.15) is 10.4 Å². The van der Waals surface area contributed by atoms with Crippen LogP contribution in [0.25, 0.3) is 16.7 Å². The fourth-order valence-corrected chi connectivity index (χ4v) is 3.68. The van der Waals surface area contributed by atoms with E-state index in [1.54, 1.807) is 18.5 Å². The van der Waals surface area contributed by atoms with Crippen LogP contribution in [0.3, 0.4) is 0 Å². The lowest BCUT2D eigenvalue weighted by molar-refractivity contribution is 0.0975. The number of nitrogens with zero attached hydrogens (tertiary/aromatic N) is 5. The van der Waals surface area contributed by atoms with Crippen LogP contribution in [0.2, 0.25) is 5.15 Å². The van der Waals surface area contributed by atoms with Crippen LogP contribution in [0, 0.1) is 18.3 Å². The van der Waals surface area contributed by atoms with E-state index in [4.69, 9.17) is 11.6 Å². The van der Waals surface area contributed by atoms with Crippen molar-refractivity contribution < 1.29 is 4.79 Å². The van der Waals surface area contributed by atoms with Gasteiger partial charge in [-0.3, -0.25) is 4.79 Å². The molecule has 2 aromatic carbocycles. The predicted octanol–water partition coefficient (Wildman–Crippen LogP) is 4.63. The molecule has 0 aliphatic rings. The quantitative estimate of drug-likeness (QED) is 0.446. The standard InChI is InChI=1S/C21H16ClN5O.ClH/c1-13-18(20(22)27(25-13)14-8-4-3-5-9-14)19(28)15(12-23)21-24-16-10-6-7-11-17(16)26(21)2;/h3-11,15H,1-2H3;1H. The Balaban J connectivity index is 0.00000240. The summed E-state index contributed by atoms with van der Waals surface area (Å²) in [5.74, 6) is -1.11. The maximum atomic E-state index is 13.3. The minimum Gasteiger partial charge on any atom is -0.330 e. The average Bonchev–Trinajstić information content (AvgIpc) is 3.20. The minimum absolute atomic E-state index is 0. The molecular weight excluding hydrogens is 409 g/mol. The molecule has 4 rings (SSSR count). The summed E-state index contributed by atoms with van der Waals surface area (Å²) < 4.78 is 3.28. The molecule has 6 nitrogen and oxygen atoms in total. The molecule has 0 fully saturated rings. The number of aromatic nitrogens is 4. The van der Waals surface area contributed by atoms with Crippen LogP contribution in [0.4, 0.5) is 0 Å². The van der Waals surface area contributed by atoms with E-state index in [2.05, 4.69) is 16.2 Å². The first-order valence-corrected chi connectivity index (χ1v) is 9.06. The summed E-state index contributed by atoms with van der Waals surface area (Å²) in [6.45, 7) is 1.71. The first kappa shape index (κ1) is 20.6. The van der Waals surface area contributed by atoms with Crippen LogP contribution in [0.1, 0.15) is 27.8 Å². The van der Waals surface area contributed by atoms with Crippen molar-refractivity contribution >= 4 is 40.8 Å². The zero-order valence-electron chi connectivity index (χ0n) is 15.7. The van der Waals surface area contributed by atoms with Gasteiger partial charge in [-0.15, -0.1) is 12.4 Å². The van der Waals surface area contributed by atoms with Crippen molar-refractivity contribution in [2.24, 2.45) is 7.05 Å². The number of carbonyl (C=O) groups is 1. The molecule has 29 heavy (non-hydrogen) atoms. The molecule has 4 aromatic rings. The van der Waals surface area contributed by atoms with Crippen molar-refractivity contribution in [2.75, 3.05) is 0 Å². The van der Waals surface area contributed by atoms with Crippen LogP contribution in [0.15, 0.2) is 54.6 Å². The number of halogens is 2. The molecule has 0 aliphatic carbocycles. The number of hydrogen-bond acceptors (Lipinski definition) is 4. The lowest BCUT2D eigenvalue weighted by atomic mass is 9.98. The Morgan fingerprint density at radius 1 is 1.14 bits per heavy atom. The Labute approximate surface area is 178 Å². The van der Waals surface area contributed by atoms with Gasteiger partial charge in [-0.05, 0) is 31.2 Å². The number of nitriles is 1. The summed E-state index contributed by atoms with van der Waals surface area (Å²) in [7, 11) is 1.80. The summed E-state index contributed by atoms with van der Waals surface area (Å²) in [5.41, 5.74) is 3.04. The Bertz CT molecular complexity index is 1240. The molecule has 0 radical (unpaired) electrons. The third-order valence-corrected chi connectivity index (χ3v) is 5.07. The summed E-state index contributed by atoms with van der Waals surface area (Å²) in [4.78, 5) is 17.8. The maximum Gasteiger partial charge on any atom is 0.192 e. The van der Waals surface area contributed by atoms with Crippen LogP contribution in [0.5, 0.6) is 0 Å². The Morgan fingerprint density at radius 2 is 1.79 bits per heavy atom. The second-order valence-electron chi connectivity index (χ2n) is 6.44. The third kappa shape index (κ3) is 3.39. The predicted molar refractivity (Wildman–Crippen MR) is 114 cm³/mol. The normalized spacial score (nSPS) is 11.7. The molecule has 146 valence electrons. The zero-order chi connectivity index (χ0) is 19.8. The summed E-state index contributed by atoms with van der Waals surface area (Å²) in [5, 5.41) is 14.4. The molecule has 2 heterocycles. The highest BCUT2D eigenvalue weighted by Gasteiger charge is 2.32. The Morgan fingerprint density at radius 3 is 2.45 bits per heavy atom. The van der Waals surface area contributed by atoms with Gasteiger partial charge in [0.05, 0.1) is 34.0 Å². The Kier molecular flexibility index (Phi) is 5.73. The van der Waals surface area contributed by atoms with Gasteiger partial charge in [0.15, 0.2) is 11.7 Å². The topological polar surface area (TPSA) is 76.5 Å². The second kappa shape index (κ2) is 8.08. The largest absolute Gasteiger partial charge is 0.330 e. The lowest BCUT2D eigenvalue weighted by Crippen LogP contribution is -2.16. The molecule has 0 aliphatic heterocycles. The highest BCUT2D eigenvalue weighted by Crippen LogP contribution is 2.30. The number of para-hydroxylation sites is 3. The van der Waals surface area contributed by atoms with Gasteiger partial charge in [0.2, 0.25) is 0 Å². The fourth-order valence-electron chi connectivity index (χ4n) is 3.32. The highest BCUT2D eigenvalue weighted by atomic mass is 35.5. The first-order valence-electron chi connectivity index (χ1n) is 8.68. The summed E-state index contributed by atoms with van der Waals surface area (Å²) in [6, 6.07) is 18.9. The number of carbonyl (C=O) groups excluding carboxylic acids is 1. The summed E-state index contributed by atoms with van der Waals surface area (Å²) >= 11 is 6.51. The molecular formula is C21H17Cl2N5O. The van der Waals surface area contributed by atoms with Crippen LogP contribution < -0.4 is 0 Å². The molecule has 1 atom stereocenters. The average molecular weight is 426 g/mol. The molecule has 0 saturated heterocycles. The van der Waals surface area contributed by atoms with E-state index in [0.717, 1.165) is 16.7 Å². The van der Waals surface area contributed by atoms with E-state index >= 15 is 0 Å². The van der Waals surface area contributed by atoms with E-state index in [1.807, 2.05) is 54.6 Å². The highest BCUT2D eigenvalue weighted by molar-refractivity contribution is 6.33. The monoisotopic (exact) mass is 425 g/mol. The molecule has 0 spiro atoms. The number of aryl methyl sites for hydroxylation is 2. The maximum absolute atomic E-state index is 13.3. The van der Waals surface area contributed by atoms with Gasteiger partial charge in [0, 0.05) is 7.05 Å². The third-order valence-electron chi connectivity index (χ3n) is 4.72. The number of benzene rings is 2. The van der Waals surface area contributed by atoms with Crippen LogP contribution in [-0.2, 0) is 7.05 Å². The number of hydrogen-bond donors (Lipinski definition) is 0. The van der Waals surface area contributed by atoms with Crippen molar-refractivity contribution in [1.29, 1.82) is 5.26 Å². The Hall–Kier alpha value is -3.14. The molecule has 0 N–H and O–H groups in total. The zero-order valence-corrected chi connectivity index (χ0v) is 17.3. The van der Waals surface area contributed by atoms with Gasteiger partial charge >= 0.3 is 0 Å². The molecule has 8 heteroatoms. The fraction of sp³-hybridized carbons (Fsp3) is 0.143. The van der Waals surface area contributed by atoms with Crippen molar-refractivity contribution in [3.8, 4) is 11.8 Å². The minimum atomic E-state index is -1.08. The van der Waals surface area contributed by atoms with Gasteiger partial charge in [-0.25, -0.2) is 9.67 Å². The number of ketones is 1. The van der Waals surface area contributed by atoms with Crippen molar-refractivity contribution in [1.82, 2.24) is 19.3 Å². The van der Waals surface area contributed by atoms with Crippen LogP contribution in [-0.4, -0.2) is 25.1 Å². The smallest absolute Gasteiger partial charge is 0.192 e. The van der Waals surface area contributed by atoms with Crippen molar-refractivity contribution in [2.45, 2.75) is 12.8 Å². The van der Waals surface area contributed by atoms with Crippen molar-refractivity contribution in [3.05, 3.63) is 76.8 Å². The van der Waals surface area contributed by atoms with E-state index < -0.39 is 11.7 Å². The second-order valence-corrected chi connectivity index (χ2v) is 6.80. The first-order chi connectivity index (χ1) is 13.5.